The minimum atomic E-state index is -0.855. The molecule has 134 valence electrons. The summed E-state index contributed by atoms with van der Waals surface area (Å²) in [5.41, 5.74) is 1.77. The second-order valence-electron chi connectivity index (χ2n) is 5.60. The lowest BCUT2D eigenvalue weighted by Gasteiger charge is -2.09. The summed E-state index contributed by atoms with van der Waals surface area (Å²) in [7, 11) is 1.75. The summed E-state index contributed by atoms with van der Waals surface area (Å²) in [5.74, 6) is -0.308. The van der Waals surface area contributed by atoms with Crippen molar-refractivity contribution in [2.45, 2.75) is 19.6 Å². The van der Waals surface area contributed by atoms with Crippen LogP contribution in [0.15, 0.2) is 36.4 Å². The second kappa shape index (κ2) is 8.80. The molecular formula is C18H21ClN2O4. The minimum absolute atomic E-state index is 0.129. The number of nitrogens with one attached hydrogen (secondary N) is 1. The summed E-state index contributed by atoms with van der Waals surface area (Å²) in [6.45, 7) is 2.05. The third-order valence-electron chi connectivity index (χ3n) is 3.69. The Labute approximate surface area is 151 Å². The number of rotatable bonds is 8. The van der Waals surface area contributed by atoms with Gasteiger partial charge in [0.25, 0.3) is 0 Å². The molecule has 0 aliphatic rings. The van der Waals surface area contributed by atoms with Crippen LogP contribution in [0.25, 0.3) is 0 Å². The molecule has 6 nitrogen and oxygen atoms in total. The van der Waals surface area contributed by atoms with Gasteiger partial charge < -0.3 is 19.7 Å². The fourth-order valence-corrected chi connectivity index (χ4v) is 2.48. The van der Waals surface area contributed by atoms with Crippen molar-refractivity contribution in [3.8, 4) is 0 Å². The maximum absolute atomic E-state index is 12.5. The first kappa shape index (κ1) is 19.2. The zero-order chi connectivity index (χ0) is 18.4. The Morgan fingerprint density at radius 2 is 1.92 bits per heavy atom. The highest BCUT2D eigenvalue weighted by Gasteiger charge is 2.16. The summed E-state index contributed by atoms with van der Waals surface area (Å²) in [6.07, 6.45) is -0.703. The molecule has 2 rings (SSSR count). The molecule has 0 saturated heterocycles. The van der Waals surface area contributed by atoms with E-state index in [0.717, 1.165) is 5.69 Å². The van der Waals surface area contributed by atoms with E-state index in [1.54, 1.807) is 48.0 Å². The molecule has 7 heteroatoms. The van der Waals surface area contributed by atoms with E-state index < -0.39 is 6.29 Å². The molecular weight excluding hydrogens is 344 g/mol. The van der Waals surface area contributed by atoms with Gasteiger partial charge in [0.05, 0.1) is 18.7 Å². The van der Waals surface area contributed by atoms with Crippen LogP contribution in [0.3, 0.4) is 0 Å². The number of halogens is 1. The molecule has 0 saturated carbocycles. The van der Waals surface area contributed by atoms with Crippen LogP contribution in [0.4, 0.5) is 0 Å². The average molecular weight is 365 g/mol. The van der Waals surface area contributed by atoms with Crippen LogP contribution in [-0.4, -0.2) is 40.8 Å². The average Bonchev–Trinajstić information content (AvgIpc) is 2.92. The fraction of sp³-hybridized carbons (Fsp3) is 0.333. The third-order valence-corrected chi connectivity index (χ3v) is 3.94. The molecule has 0 bridgehead atoms. The standard InChI is InChI=1S/C18H21ClN2O4/c1-12(22)25-10-9-20-17(23)11-15-7-8-16(21(15)2)18(24)13-3-5-14(19)6-4-13/h3-8,12,22H,9-11H2,1-2H3,(H,20,23). The number of carbonyl (C=O) groups excluding carboxylic acids is 2. The van der Waals surface area contributed by atoms with Crippen LogP contribution < -0.4 is 5.32 Å². The number of amides is 1. The van der Waals surface area contributed by atoms with Crippen LogP contribution in [0, 0.1) is 0 Å². The number of nitrogens with zero attached hydrogens (tertiary/aromatic N) is 1. The highest BCUT2D eigenvalue weighted by Crippen LogP contribution is 2.16. The van der Waals surface area contributed by atoms with Crippen molar-refractivity contribution in [3.05, 3.63) is 58.4 Å². The lowest BCUT2D eigenvalue weighted by atomic mass is 10.1. The summed E-state index contributed by atoms with van der Waals surface area (Å²) in [6, 6.07) is 10.1. The Balaban J connectivity index is 1.97. The first-order valence-electron chi connectivity index (χ1n) is 7.89. The van der Waals surface area contributed by atoms with Gasteiger partial charge in [-0.3, -0.25) is 9.59 Å². The molecule has 0 fully saturated rings. The van der Waals surface area contributed by atoms with Crippen LogP contribution in [0.1, 0.15) is 28.7 Å². The molecule has 1 atom stereocenters. The molecule has 1 unspecified atom stereocenters. The number of ketones is 1. The van der Waals surface area contributed by atoms with Crippen molar-refractivity contribution in [2.24, 2.45) is 7.05 Å². The fourth-order valence-electron chi connectivity index (χ4n) is 2.36. The third kappa shape index (κ3) is 5.42. The first-order chi connectivity index (χ1) is 11.9. The maximum Gasteiger partial charge on any atom is 0.226 e. The number of benzene rings is 1. The molecule has 0 aliphatic heterocycles. The van der Waals surface area contributed by atoms with Gasteiger partial charge in [-0.1, -0.05) is 11.6 Å². The number of aliphatic hydroxyl groups is 1. The molecule has 1 aromatic carbocycles. The summed E-state index contributed by atoms with van der Waals surface area (Å²) in [4.78, 5) is 24.5. The Morgan fingerprint density at radius 1 is 1.24 bits per heavy atom. The Kier molecular flexibility index (Phi) is 6.75. The summed E-state index contributed by atoms with van der Waals surface area (Å²) in [5, 5.41) is 12.2. The molecule has 0 radical (unpaired) electrons. The normalized spacial score (nSPS) is 12.0. The SMILES string of the molecule is CC(O)OCCNC(=O)Cc1ccc(C(=O)c2ccc(Cl)cc2)n1C. The predicted octanol–water partition coefficient (Wildman–Crippen LogP) is 1.92. The molecule has 1 heterocycles. The van der Waals surface area contributed by atoms with Crippen molar-refractivity contribution in [1.82, 2.24) is 9.88 Å². The molecule has 2 aromatic rings. The number of carbonyl (C=O) groups is 2. The zero-order valence-corrected chi connectivity index (χ0v) is 14.9. The number of aromatic nitrogens is 1. The highest BCUT2D eigenvalue weighted by atomic mass is 35.5. The number of hydrogen-bond acceptors (Lipinski definition) is 4. The smallest absolute Gasteiger partial charge is 0.226 e. The van der Waals surface area contributed by atoms with E-state index in [4.69, 9.17) is 21.4 Å². The molecule has 2 N–H and O–H groups in total. The van der Waals surface area contributed by atoms with Crippen LogP contribution >= 0.6 is 11.6 Å². The van der Waals surface area contributed by atoms with Gasteiger partial charge in [0, 0.05) is 29.9 Å². The van der Waals surface area contributed by atoms with Gasteiger partial charge in [0.15, 0.2) is 6.29 Å². The van der Waals surface area contributed by atoms with Crippen molar-refractivity contribution in [2.75, 3.05) is 13.2 Å². The number of ether oxygens (including phenoxy) is 1. The van der Waals surface area contributed by atoms with E-state index >= 15 is 0 Å². The summed E-state index contributed by atoms with van der Waals surface area (Å²) < 4.78 is 6.65. The van der Waals surface area contributed by atoms with Crippen molar-refractivity contribution in [1.29, 1.82) is 0 Å². The Hall–Kier alpha value is -2.15. The zero-order valence-electron chi connectivity index (χ0n) is 14.2. The van der Waals surface area contributed by atoms with Gasteiger partial charge in [-0.05, 0) is 43.3 Å². The van der Waals surface area contributed by atoms with Gasteiger partial charge >= 0.3 is 0 Å². The number of hydrogen-bond donors (Lipinski definition) is 2. The highest BCUT2D eigenvalue weighted by molar-refractivity contribution is 6.30. The largest absolute Gasteiger partial charge is 0.368 e. The van der Waals surface area contributed by atoms with Crippen molar-refractivity contribution < 1.29 is 19.4 Å². The lowest BCUT2D eigenvalue weighted by Crippen LogP contribution is -2.30. The molecule has 0 spiro atoms. The summed E-state index contributed by atoms with van der Waals surface area (Å²) >= 11 is 5.84. The maximum atomic E-state index is 12.5. The van der Waals surface area contributed by atoms with Gasteiger partial charge in [-0.2, -0.15) is 0 Å². The predicted molar refractivity (Wildman–Crippen MR) is 94.6 cm³/mol. The second-order valence-corrected chi connectivity index (χ2v) is 6.04. The quantitative estimate of drug-likeness (QED) is 0.426. The van der Waals surface area contributed by atoms with Gasteiger partial charge in [-0.15, -0.1) is 0 Å². The van der Waals surface area contributed by atoms with Crippen molar-refractivity contribution >= 4 is 23.3 Å². The monoisotopic (exact) mass is 364 g/mol. The number of aliphatic hydroxyl groups excluding tert-OH is 1. The van der Waals surface area contributed by atoms with E-state index in [1.165, 1.54) is 6.92 Å². The first-order valence-corrected chi connectivity index (χ1v) is 8.27. The molecule has 25 heavy (non-hydrogen) atoms. The Morgan fingerprint density at radius 3 is 2.56 bits per heavy atom. The van der Waals surface area contributed by atoms with Crippen molar-refractivity contribution in [3.63, 3.8) is 0 Å². The minimum Gasteiger partial charge on any atom is -0.368 e. The van der Waals surface area contributed by atoms with E-state index in [-0.39, 0.29) is 24.7 Å². The molecule has 1 aromatic heterocycles. The Bertz CT molecular complexity index is 738. The van der Waals surface area contributed by atoms with E-state index in [2.05, 4.69) is 5.32 Å². The van der Waals surface area contributed by atoms with Gasteiger partial charge in [0.2, 0.25) is 11.7 Å². The molecule has 0 aliphatic carbocycles. The van der Waals surface area contributed by atoms with Crippen LogP contribution in [-0.2, 0) is 23.0 Å². The van der Waals surface area contributed by atoms with Gasteiger partial charge in [0.1, 0.15) is 0 Å². The topological polar surface area (TPSA) is 80.6 Å². The molecule has 1 amide bonds. The van der Waals surface area contributed by atoms with E-state index in [9.17, 15) is 9.59 Å². The van der Waals surface area contributed by atoms with Gasteiger partial charge in [-0.25, -0.2) is 0 Å². The van der Waals surface area contributed by atoms with E-state index in [0.29, 0.717) is 22.8 Å². The van der Waals surface area contributed by atoms with Crippen LogP contribution in [0.5, 0.6) is 0 Å². The van der Waals surface area contributed by atoms with Crippen LogP contribution in [0.2, 0.25) is 5.02 Å². The lowest BCUT2D eigenvalue weighted by molar-refractivity contribution is -0.122. The van der Waals surface area contributed by atoms with E-state index in [1.807, 2.05) is 0 Å².